The summed E-state index contributed by atoms with van der Waals surface area (Å²) in [4.78, 5) is 19.8. The first-order chi connectivity index (χ1) is 13.8. The molecular formula is C22H30ClN3O3. The number of methoxy groups -OCH3 is 1. The van der Waals surface area contributed by atoms with Crippen LogP contribution >= 0.6 is 12.4 Å². The van der Waals surface area contributed by atoms with Crippen molar-refractivity contribution in [1.29, 1.82) is 0 Å². The summed E-state index contributed by atoms with van der Waals surface area (Å²) in [7, 11) is 1.64. The van der Waals surface area contributed by atoms with E-state index in [2.05, 4.69) is 10.3 Å². The lowest BCUT2D eigenvalue weighted by Gasteiger charge is -2.31. The Hall–Kier alpha value is -2.15. The number of carbonyl (C=O) groups is 1. The Bertz CT molecular complexity index is 720. The van der Waals surface area contributed by atoms with Crippen molar-refractivity contribution in [2.24, 2.45) is 0 Å². The minimum Gasteiger partial charge on any atom is -0.491 e. The zero-order valence-electron chi connectivity index (χ0n) is 16.9. The molecule has 1 aromatic heterocycles. The second kappa shape index (κ2) is 12.4. The number of amides is 1. The number of nitrogens with one attached hydrogen (secondary N) is 1. The molecule has 0 radical (unpaired) electrons. The van der Waals surface area contributed by atoms with Crippen molar-refractivity contribution >= 4 is 18.3 Å². The van der Waals surface area contributed by atoms with Crippen molar-refractivity contribution in [2.45, 2.75) is 31.8 Å². The second-order valence-corrected chi connectivity index (χ2v) is 6.95. The Morgan fingerprint density at radius 3 is 2.69 bits per heavy atom. The monoisotopic (exact) mass is 419 g/mol. The highest BCUT2D eigenvalue weighted by atomic mass is 35.5. The molecule has 1 fully saturated rings. The molecule has 0 saturated carbocycles. The van der Waals surface area contributed by atoms with Crippen molar-refractivity contribution < 1.29 is 14.3 Å². The first kappa shape index (κ1) is 23.1. The van der Waals surface area contributed by atoms with E-state index in [0.717, 1.165) is 43.8 Å². The van der Waals surface area contributed by atoms with Gasteiger partial charge in [0, 0.05) is 24.9 Å². The maximum absolute atomic E-state index is 13.3. The number of benzene rings is 1. The van der Waals surface area contributed by atoms with Gasteiger partial charge >= 0.3 is 0 Å². The van der Waals surface area contributed by atoms with Gasteiger partial charge in [-0.05, 0) is 68.8 Å². The number of pyridine rings is 1. The highest BCUT2D eigenvalue weighted by Crippen LogP contribution is 2.21. The Labute approximate surface area is 179 Å². The summed E-state index contributed by atoms with van der Waals surface area (Å²) in [6, 6.07) is 13.4. The summed E-state index contributed by atoms with van der Waals surface area (Å²) in [6.07, 6.45) is 4.81. The minimum absolute atomic E-state index is 0. The second-order valence-electron chi connectivity index (χ2n) is 6.95. The van der Waals surface area contributed by atoms with Crippen LogP contribution < -0.4 is 10.1 Å². The molecule has 0 bridgehead atoms. The van der Waals surface area contributed by atoms with E-state index in [4.69, 9.17) is 9.47 Å². The Balaban J connectivity index is 0.00000300. The van der Waals surface area contributed by atoms with Gasteiger partial charge in [-0.25, -0.2) is 0 Å². The molecule has 1 unspecified atom stereocenters. The van der Waals surface area contributed by atoms with Crippen molar-refractivity contribution in [2.75, 3.05) is 33.4 Å². The molecule has 1 amide bonds. The molecule has 1 N–H and O–H groups in total. The van der Waals surface area contributed by atoms with E-state index >= 15 is 0 Å². The molecule has 7 heteroatoms. The van der Waals surface area contributed by atoms with Gasteiger partial charge in [-0.15, -0.1) is 12.4 Å². The predicted molar refractivity (Wildman–Crippen MR) is 116 cm³/mol. The highest BCUT2D eigenvalue weighted by molar-refractivity contribution is 5.94. The van der Waals surface area contributed by atoms with Gasteiger partial charge in [0.15, 0.2) is 0 Å². The van der Waals surface area contributed by atoms with Crippen LogP contribution in [-0.2, 0) is 11.3 Å². The van der Waals surface area contributed by atoms with Crippen molar-refractivity contribution in [1.82, 2.24) is 15.2 Å². The lowest BCUT2D eigenvalue weighted by molar-refractivity contribution is 0.0642. The smallest absolute Gasteiger partial charge is 0.254 e. The van der Waals surface area contributed by atoms with Gasteiger partial charge in [-0.2, -0.15) is 0 Å². The van der Waals surface area contributed by atoms with E-state index in [1.165, 1.54) is 0 Å². The molecule has 1 aliphatic heterocycles. The third kappa shape index (κ3) is 6.99. The molecule has 2 aromatic rings. The molecule has 0 spiro atoms. The van der Waals surface area contributed by atoms with Gasteiger partial charge in [0.2, 0.25) is 0 Å². The number of aromatic nitrogens is 1. The van der Waals surface area contributed by atoms with Crippen LogP contribution in [0.2, 0.25) is 0 Å². The first-order valence-electron chi connectivity index (χ1n) is 9.91. The van der Waals surface area contributed by atoms with Crippen LogP contribution in [-0.4, -0.2) is 55.2 Å². The fraction of sp³-hybridized carbons (Fsp3) is 0.455. The van der Waals surface area contributed by atoms with Crippen LogP contribution in [0.1, 0.15) is 35.3 Å². The fourth-order valence-corrected chi connectivity index (χ4v) is 3.45. The van der Waals surface area contributed by atoms with Gasteiger partial charge in [0.1, 0.15) is 12.4 Å². The summed E-state index contributed by atoms with van der Waals surface area (Å²) in [5.41, 5.74) is 1.58. The number of rotatable bonds is 8. The molecule has 158 valence electrons. The normalized spacial score (nSPS) is 16.4. The van der Waals surface area contributed by atoms with Gasteiger partial charge in [-0.3, -0.25) is 9.78 Å². The molecule has 0 aliphatic carbocycles. The first-order valence-corrected chi connectivity index (χ1v) is 9.91. The fourth-order valence-electron chi connectivity index (χ4n) is 3.45. The average Bonchev–Trinajstić information content (AvgIpc) is 3.02. The topological polar surface area (TPSA) is 63.7 Å². The standard InChI is InChI=1S/C22H29N3O3.ClH/c1-27-15-16-28-21-9-7-18(8-10-21)22(26)25(17-19-5-2-3-13-24-19)20-6-4-12-23-14-11-20;/h2-3,5,7-10,13,20,23H,4,6,11-12,14-17H2,1H3;1H. The van der Waals surface area contributed by atoms with Crippen LogP contribution in [0.25, 0.3) is 0 Å². The molecule has 1 saturated heterocycles. The Kier molecular flexibility index (Phi) is 9.91. The quantitative estimate of drug-likeness (QED) is 0.665. The largest absolute Gasteiger partial charge is 0.491 e. The number of halogens is 1. The van der Waals surface area contributed by atoms with E-state index in [9.17, 15) is 4.79 Å². The van der Waals surface area contributed by atoms with Crippen molar-refractivity contribution in [3.8, 4) is 5.75 Å². The van der Waals surface area contributed by atoms with Gasteiger partial charge in [0.05, 0.1) is 18.8 Å². The molecule has 1 aromatic carbocycles. The minimum atomic E-state index is 0. The van der Waals surface area contributed by atoms with Gasteiger partial charge in [0.25, 0.3) is 5.91 Å². The SMILES string of the molecule is COCCOc1ccc(C(=O)N(Cc2ccccn2)C2CCCNCC2)cc1.Cl. The summed E-state index contributed by atoms with van der Waals surface area (Å²) in [6.45, 7) is 3.49. The average molecular weight is 420 g/mol. The third-order valence-corrected chi connectivity index (χ3v) is 4.96. The van der Waals surface area contributed by atoms with Crippen LogP contribution in [0.15, 0.2) is 48.7 Å². The lowest BCUT2D eigenvalue weighted by atomic mass is 10.0. The lowest BCUT2D eigenvalue weighted by Crippen LogP contribution is -2.40. The third-order valence-electron chi connectivity index (χ3n) is 4.96. The van der Waals surface area contributed by atoms with Crippen molar-refractivity contribution in [3.63, 3.8) is 0 Å². The van der Waals surface area contributed by atoms with Crippen LogP contribution in [0, 0.1) is 0 Å². The number of hydrogen-bond donors (Lipinski definition) is 1. The number of carbonyl (C=O) groups excluding carboxylic acids is 1. The van der Waals surface area contributed by atoms with Crippen LogP contribution in [0.4, 0.5) is 0 Å². The zero-order valence-corrected chi connectivity index (χ0v) is 17.7. The maximum Gasteiger partial charge on any atom is 0.254 e. The zero-order chi connectivity index (χ0) is 19.6. The van der Waals surface area contributed by atoms with Crippen molar-refractivity contribution in [3.05, 3.63) is 59.9 Å². The van der Waals surface area contributed by atoms with Crippen LogP contribution in [0.3, 0.4) is 0 Å². The predicted octanol–water partition coefficient (Wildman–Crippen LogP) is 3.31. The summed E-state index contributed by atoms with van der Waals surface area (Å²) in [5, 5.41) is 3.43. The van der Waals surface area contributed by atoms with E-state index in [-0.39, 0.29) is 24.4 Å². The molecule has 1 atom stereocenters. The van der Waals surface area contributed by atoms with Crippen LogP contribution in [0.5, 0.6) is 5.75 Å². The molecule has 1 aliphatic rings. The Morgan fingerprint density at radius 2 is 1.97 bits per heavy atom. The number of ether oxygens (including phenoxy) is 2. The maximum atomic E-state index is 13.3. The molecular weight excluding hydrogens is 390 g/mol. The number of nitrogens with zero attached hydrogens (tertiary/aromatic N) is 2. The number of hydrogen-bond acceptors (Lipinski definition) is 5. The molecule has 29 heavy (non-hydrogen) atoms. The van der Waals surface area contributed by atoms with Gasteiger partial charge < -0.3 is 19.7 Å². The molecule has 6 nitrogen and oxygen atoms in total. The Morgan fingerprint density at radius 1 is 1.14 bits per heavy atom. The van der Waals surface area contributed by atoms with Gasteiger partial charge in [-0.1, -0.05) is 6.07 Å². The van der Waals surface area contributed by atoms with E-state index in [0.29, 0.717) is 25.3 Å². The van der Waals surface area contributed by atoms with E-state index in [1.54, 1.807) is 13.3 Å². The van der Waals surface area contributed by atoms with E-state index in [1.807, 2.05) is 47.4 Å². The summed E-state index contributed by atoms with van der Waals surface area (Å²) >= 11 is 0. The molecule has 3 rings (SSSR count). The summed E-state index contributed by atoms with van der Waals surface area (Å²) < 4.78 is 10.6. The van der Waals surface area contributed by atoms with E-state index < -0.39 is 0 Å². The highest BCUT2D eigenvalue weighted by Gasteiger charge is 2.26. The molecule has 2 heterocycles. The summed E-state index contributed by atoms with van der Waals surface area (Å²) in [5.74, 6) is 0.782.